The van der Waals surface area contributed by atoms with Gasteiger partial charge >= 0.3 is 0 Å². The maximum absolute atomic E-state index is 12.6. The average molecular weight is 436 g/mol. The monoisotopic (exact) mass is 435 g/mol. The Labute approximate surface area is 182 Å². The molecule has 0 atom stereocenters. The molecule has 1 amide bonds. The van der Waals surface area contributed by atoms with Crippen LogP contribution in [0.25, 0.3) is 4.96 Å². The number of carbonyl (C=O) groups is 1. The molecule has 0 aliphatic heterocycles. The lowest BCUT2D eigenvalue weighted by atomic mass is 10.1. The number of aromatic nitrogens is 2. The smallest absolute Gasteiger partial charge is 0.258 e. The lowest BCUT2D eigenvalue weighted by Crippen LogP contribution is -2.14. The third-order valence-corrected chi connectivity index (χ3v) is 5.59. The van der Waals surface area contributed by atoms with E-state index in [9.17, 15) is 9.59 Å². The van der Waals surface area contributed by atoms with E-state index in [-0.39, 0.29) is 18.1 Å². The second-order valence-electron chi connectivity index (χ2n) is 7.04. The Hall–Kier alpha value is -3.65. The zero-order valence-electron chi connectivity index (χ0n) is 17.3. The zero-order chi connectivity index (χ0) is 22.0. The van der Waals surface area contributed by atoms with Gasteiger partial charge in [0, 0.05) is 34.5 Å². The first kappa shape index (κ1) is 20.6. The van der Waals surface area contributed by atoms with Crippen molar-refractivity contribution in [2.45, 2.75) is 20.5 Å². The lowest BCUT2D eigenvalue weighted by Gasteiger charge is -2.12. The minimum Gasteiger partial charge on any atom is -0.497 e. The summed E-state index contributed by atoms with van der Waals surface area (Å²) in [5.41, 5.74) is 2.42. The van der Waals surface area contributed by atoms with E-state index in [1.807, 2.05) is 26.0 Å². The summed E-state index contributed by atoms with van der Waals surface area (Å²) in [6.45, 7) is 4.00. The van der Waals surface area contributed by atoms with Crippen molar-refractivity contribution in [3.63, 3.8) is 0 Å². The summed E-state index contributed by atoms with van der Waals surface area (Å²) in [5.74, 6) is 0.969. The molecule has 1 N–H and O–H groups in total. The predicted molar refractivity (Wildman–Crippen MR) is 121 cm³/mol. The number of amides is 1. The predicted octanol–water partition coefficient (Wildman–Crippen LogP) is 4.21. The summed E-state index contributed by atoms with van der Waals surface area (Å²) in [6, 6.07) is 13.8. The first-order valence-electron chi connectivity index (χ1n) is 9.60. The summed E-state index contributed by atoms with van der Waals surface area (Å²) in [7, 11) is 1.56. The summed E-state index contributed by atoms with van der Waals surface area (Å²) in [6.07, 6.45) is 1.78. The van der Waals surface area contributed by atoms with Crippen LogP contribution in [0.5, 0.6) is 11.5 Å². The van der Waals surface area contributed by atoms with Crippen molar-refractivity contribution in [3.05, 3.63) is 86.8 Å². The summed E-state index contributed by atoms with van der Waals surface area (Å²) >= 11 is 1.45. The number of hydrogen-bond donors (Lipinski definition) is 1. The molecule has 0 spiro atoms. The first-order valence-corrected chi connectivity index (χ1v) is 10.4. The van der Waals surface area contributed by atoms with Crippen LogP contribution in [0, 0.1) is 13.8 Å². The normalized spacial score (nSPS) is 10.8. The van der Waals surface area contributed by atoms with E-state index in [1.165, 1.54) is 21.8 Å². The zero-order valence-corrected chi connectivity index (χ0v) is 18.2. The molecule has 0 saturated heterocycles. The van der Waals surface area contributed by atoms with Gasteiger partial charge in [0.15, 0.2) is 4.96 Å². The molecule has 158 valence electrons. The molecule has 0 radical (unpaired) electrons. The van der Waals surface area contributed by atoms with Crippen LogP contribution in [0.4, 0.5) is 5.69 Å². The minimum absolute atomic E-state index is 0.135. The Bertz CT molecular complexity index is 1330. The SMILES string of the molecule is COc1cccc(C(=O)Nc2ccc(C)c(OCc3cc(=O)n4cc(C)sc4n3)c2)c1. The van der Waals surface area contributed by atoms with Gasteiger partial charge < -0.3 is 14.8 Å². The molecule has 0 bridgehead atoms. The van der Waals surface area contributed by atoms with Crippen LogP contribution in [-0.4, -0.2) is 22.4 Å². The number of aryl methyl sites for hydroxylation is 2. The molecule has 2 heterocycles. The van der Waals surface area contributed by atoms with Gasteiger partial charge in [-0.1, -0.05) is 12.1 Å². The van der Waals surface area contributed by atoms with E-state index in [4.69, 9.17) is 9.47 Å². The van der Waals surface area contributed by atoms with Gasteiger partial charge in [0.25, 0.3) is 11.5 Å². The Kier molecular flexibility index (Phi) is 5.73. The third-order valence-electron chi connectivity index (χ3n) is 4.69. The highest BCUT2D eigenvalue weighted by atomic mass is 32.1. The van der Waals surface area contributed by atoms with E-state index in [1.54, 1.807) is 43.6 Å². The molecule has 0 fully saturated rings. The molecule has 7 nitrogen and oxygen atoms in total. The van der Waals surface area contributed by atoms with Crippen LogP contribution in [0.15, 0.2) is 59.5 Å². The van der Waals surface area contributed by atoms with Crippen molar-refractivity contribution in [2.24, 2.45) is 0 Å². The largest absolute Gasteiger partial charge is 0.497 e. The quantitative estimate of drug-likeness (QED) is 0.491. The highest BCUT2D eigenvalue weighted by Crippen LogP contribution is 2.24. The van der Waals surface area contributed by atoms with Crippen LogP contribution in [-0.2, 0) is 6.61 Å². The van der Waals surface area contributed by atoms with Crippen LogP contribution in [0.2, 0.25) is 0 Å². The second kappa shape index (κ2) is 8.61. The average Bonchev–Trinajstić information content (AvgIpc) is 3.15. The topological polar surface area (TPSA) is 81.9 Å². The van der Waals surface area contributed by atoms with Crippen molar-refractivity contribution in [2.75, 3.05) is 12.4 Å². The summed E-state index contributed by atoms with van der Waals surface area (Å²) in [5, 5.41) is 2.87. The van der Waals surface area contributed by atoms with E-state index in [0.29, 0.717) is 33.4 Å². The van der Waals surface area contributed by atoms with Crippen molar-refractivity contribution in [3.8, 4) is 11.5 Å². The van der Waals surface area contributed by atoms with Gasteiger partial charge in [-0.25, -0.2) is 4.98 Å². The molecule has 0 aliphatic rings. The standard InChI is InChI=1S/C23H21N3O4S/c1-14-7-8-17(24-22(28)16-5-4-6-19(9-16)29-3)10-20(14)30-13-18-11-21(27)26-12-15(2)31-23(26)25-18/h4-12H,13H2,1-3H3,(H,24,28). The number of thiazole rings is 1. The van der Waals surface area contributed by atoms with Crippen LogP contribution in [0.1, 0.15) is 26.5 Å². The number of rotatable bonds is 6. The first-order chi connectivity index (χ1) is 14.9. The lowest BCUT2D eigenvalue weighted by molar-refractivity contribution is 0.102. The van der Waals surface area contributed by atoms with Gasteiger partial charge in [-0.05, 0) is 43.7 Å². The number of ether oxygens (including phenoxy) is 2. The van der Waals surface area contributed by atoms with Crippen LogP contribution < -0.4 is 20.3 Å². The van der Waals surface area contributed by atoms with E-state index in [0.717, 1.165) is 10.4 Å². The van der Waals surface area contributed by atoms with Crippen molar-refractivity contribution < 1.29 is 14.3 Å². The highest BCUT2D eigenvalue weighted by Gasteiger charge is 2.10. The Morgan fingerprint density at radius 3 is 2.81 bits per heavy atom. The van der Waals surface area contributed by atoms with E-state index in [2.05, 4.69) is 10.3 Å². The molecule has 0 unspecified atom stereocenters. The Morgan fingerprint density at radius 1 is 1.16 bits per heavy atom. The van der Waals surface area contributed by atoms with Crippen molar-refractivity contribution in [1.82, 2.24) is 9.38 Å². The van der Waals surface area contributed by atoms with Crippen molar-refractivity contribution in [1.29, 1.82) is 0 Å². The summed E-state index contributed by atoms with van der Waals surface area (Å²) in [4.78, 5) is 31.0. The molecular formula is C23H21N3O4S. The molecule has 4 aromatic rings. The third kappa shape index (κ3) is 4.59. The molecule has 4 rings (SSSR count). The van der Waals surface area contributed by atoms with Crippen LogP contribution in [0.3, 0.4) is 0 Å². The van der Waals surface area contributed by atoms with Gasteiger partial charge in [0.05, 0.1) is 12.8 Å². The van der Waals surface area contributed by atoms with Gasteiger partial charge in [-0.2, -0.15) is 0 Å². The number of hydrogen-bond acceptors (Lipinski definition) is 6. The number of nitrogens with zero attached hydrogens (tertiary/aromatic N) is 2. The van der Waals surface area contributed by atoms with Gasteiger partial charge in [-0.15, -0.1) is 11.3 Å². The number of methoxy groups -OCH3 is 1. The number of fused-ring (bicyclic) bond motifs is 1. The number of anilines is 1. The van der Waals surface area contributed by atoms with Crippen LogP contribution >= 0.6 is 11.3 Å². The molecule has 0 aliphatic carbocycles. The molecule has 2 aromatic heterocycles. The molecule has 2 aromatic carbocycles. The molecule has 0 saturated carbocycles. The van der Waals surface area contributed by atoms with E-state index < -0.39 is 0 Å². The molecular weight excluding hydrogens is 414 g/mol. The highest BCUT2D eigenvalue weighted by molar-refractivity contribution is 7.16. The number of benzene rings is 2. The second-order valence-corrected chi connectivity index (χ2v) is 8.25. The summed E-state index contributed by atoms with van der Waals surface area (Å²) < 4.78 is 12.6. The Balaban J connectivity index is 1.50. The fraction of sp³-hybridized carbons (Fsp3) is 0.174. The van der Waals surface area contributed by atoms with Crippen molar-refractivity contribution >= 4 is 27.9 Å². The fourth-order valence-electron chi connectivity index (χ4n) is 3.08. The Morgan fingerprint density at radius 2 is 2.00 bits per heavy atom. The maximum Gasteiger partial charge on any atom is 0.258 e. The molecule has 8 heteroatoms. The van der Waals surface area contributed by atoms with E-state index >= 15 is 0 Å². The minimum atomic E-state index is -0.248. The van der Waals surface area contributed by atoms with Gasteiger partial charge in [0.2, 0.25) is 0 Å². The van der Waals surface area contributed by atoms with Gasteiger partial charge in [-0.3, -0.25) is 14.0 Å². The number of carbonyl (C=O) groups excluding carboxylic acids is 1. The number of nitrogens with one attached hydrogen (secondary N) is 1. The molecule has 31 heavy (non-hydrogen) atoms. The van der Waals surface area contributed by atoms with Gasteiger partial charge in [0.1, 0.15) is 18.1 Å². The maximum atomic E-state index is 12.6. The fourth-order valence-corrected chi connectivity index (χ4v) is 3.93.